The molecule has 1 atom stereocenters. The molecule has 1 nitrogen and oxygen atoms in total. The zero-order chi connectivity index (χ0) is 14.1. The second-order valence-electron chi connectivity index (χ2n) is 4.47. The third kappa shape index (κ3) is 2.51. The van der Waals surface area contributed by atoms with Crippen LogP contribution in [0, 0.1) is 0 Å². The van der Waals surface area contributed by atoms with Crippen LogP contribution in [0.2, 0.25) is 5.02 Å². The van der Waals surface area contributed by atoms with Crippen LogP contribution in [0.1, 0.15) is 15.8 Å². The first-order valence-electron chi connectivity index (χ1n) is 6.13. The van der Waals surface area contributed by atoms with Crippen LogP contribution in [-0.2, 0) is 0 Å². The zero-order valence-electron chi connectivity index (χ0n) is 10.8. The average Bonchev–Trinajstić information content (AvgIpc) is 2.91. The Balaban J connectivity index is 2.03. The molecule has 0 bridgehead atoms. The molecule has 102 valence electrons. The summed E-state index contributed by atoms with van der Waals surface area (Å²) in [4.78, 5) is 0.987. The number of ether oxygens (including phenoxy) is 1. The monoisotopic (exact) mass is 322 g/mol. The SMILES string of the molecule is COc1ccc2cc(C(Cl)c3sccc3Cl)ccc2c1. The van der Waals surface area contributed by atoms with Crippen LogP contribution in [0.15, 0.2) is 47.8 Å². The molecule has 0 fully saturated rings. The van der Waals surface area contributed by atoms with Crippen LogP contribution in [0.3, 0.4) is 0 Å². The van der Waals surface area contributed by atoms with E-state index in [1.165, 1.54) is 0 Å². The Morgan fingerprint density at radius 1 is 1.05 bits per heavy atom. The van der Waals surface area contributed by atoms with E-state index in [1.807, 2.05) is 35.7 Å². The lowest BCUT2D eigenvalue weighted by atomic mass is 10.0. The van der Waals surface area contributed by atoms with E-state index in [0.717, 1.165) is 32.0 Å². The van der Waals surface area contributed by atoms with E-state index in [4.69, 9.17) is 27.9 Å². The maximum atomic E-state index is 6.54. The fourth-order valence-corrected chi connectivity index (χ4v) is 3.80. The summed E-state index contributed by atoms with van der Waals surface area (Å²) in [5.74, 6) is 0.856. The first-order valence-corrected chi connectivity index (χ1v) is 7.83. The van der Waals surface area contributed by atoms with Crippen molar-refractivity contribution >= 4 is 45.3 Å². The molecular weight excluding hydrogens is 311 g/mol. The van der Waals surface area contributed by atoms with Gasteiger partial charge in [-0.25, -0.2) is 0 Å². The van der Waals surface area contributed by atoms with Crippen molar-refractivity contribution in [3.8, 4) is 5.75 Å². The number of halogens is 2. The quantitative estimate of drug-likeness (QED) is 0.546. The van der Waals surface area contributed by atoms with Crippen LogP contribution < -0.4 is 4.74 Å². The first-order chi connectivity index (χ1) is 9.69. The van der Waals surface area contributed by atoms with Gasteiger partial charge in [0.15, 0.2) is 0 Å². The van der Waals surface area contributed by atoms with Crippen LogP contribution in [0.5, 0.6) is 5.75 Å². The number of methoxy groups -OCH3 is 1. The second-order valence-corrected chi connectivity index (χ2v) is 6.26. The molecule has 0 spiro atoms. The summed E-state index contributed by atoms with van der Waals surface area (Å²) in [6.07, 6.45) is 0. The van der Waals surface area contributed by atoms with E-state index in [0.29, 0.717) is 0 Å². The molecule has 0 saturated heterocycles. The Labute approximate surface area is 131 Å². The van der Waals surface area contributed by atoms with Crippen molar-refractivity contribution in [3.63, 3.8) is 0 Å². The summed E-state index contributed by atoms with van der Waals surface area (Å²) in [5.41, 5.74) is 1.05. The van der Waals surface area contributed by atoms with Crippen molar-refractivity contribution in [2.45, 2.75) is 5.38 Å². The van der Waals surface area contributed by atoms with Gasteiger partial charge < -0.3 is 4.74 Å². The smallest absolute Gasteiger partial charge is 0.119 e. The third-order valence-electron chi connectivity index (χ3n) is 3.24. The van der Waals surface area contributed by atoms with Gasteiger partial charge in [0.25, 0.3) is 0 Å². The summed E-state index contributed by atoms with van der Waals surface area (Å²) in [5, 5.41) is 4.74. The second kappa shape index (κ2) is 5.65. The van der Waals surface area contributed by atoms with Crippen molar-refractivity contribution < 1.29 is 4.74 Å². The Morgan fingerprint density at radius 3 is 2.50 bits per heavy atom. The van der Waals surface area contributed by atoms with Gasteiger partial charge in [0.2, 0.25) is 0 Å². The number of hydrogen-bond acceptors (Lipinski definition) is 2. The molecule has 0 amide bonds. The molecule has 0 aliphatic heterocycles. The normalized spacial score (nSPS) is 12.6. The van der Waals surface area contributed by atoms with E-state index >= 15 is 0 Å². The van der Waals surface area contributed by atoms with Crippen LogP contribution in [0.4, 0.5) is 0 Å². The van der Waals surface area contributed by atoms with Crippen molar-refractivity contribution in [2.24, 2.45) is 0 Å². The minimum absolute atomic E-state index is 0.214. The lowest BCUT2D eigenvalue weighted by molar-refractivity contribution is 0.415. The van der Waals surface area contributed by atoms with Crippen LogP contribution >= 0.6 is 34.5 Å². The molecule has 3 aromatic rings. The highest BCUT2D eigenvalue weighted by Gasteiger charge is 2.16. The van der Waals surface area contributed by atoms with Crippen molar-refractivity contribution in [1.29, 1.82) is 0 Å². The maximum Gasteiger partial charge on any atom is 0.119 e. The number of benzene rings is 2. The molecule has 4 heteroatoms. The van der Waals surface area contributed by atoms with Crippen molar-refractivity contribution in [3.05, 3.63) is 63.3 Å². The first kappa shape index (κ1) is 13.7. The number of alkyl halides is 1. The standard InChI is InChI=1S/C16H12Cl2OS/c1-19-13-5-4-10-8-12(3-2-11(10)9-13)15(18)16-14(17)6-7-20-16/h2-9,15H,1H3. The Hall–Kier alpha value is -1.22. The van der Waals surface area contributed by atoms with Gasteiger partial charge in [-0.3, -0.25) is 0 Å². The summed E-state index contributed by atoms with van der Waals surface area (Å²) in [6, 6.07) is 14.1. The van der Waals surface area contributed by atoms with Gasteiger partial charge in [0.05, 0.1) is 17.5 Å². The van der Waals surface area contributed by atoms with Gasteiger partial charge in [-0.2, -0.15) is 0 Å². The van der Waals surface area contributed by atoms with Gasteiger partial charge in [-0.15, -0.1) is 22.9 Å². The molecule has 1 aromatic heterocycles. The fourth-order valence-electron chi connectivity index (χ4n) is 2.16. The fraction of sp³-hybridized carbons (Fsp3) is 0.125. The molecule has 0 radical (unpaired) electrons. The number of fused-ring (bicyclic) bond motifs is 1. The lowest BCUT2D eigenvalue weighted by Crippen LogP contribution is -1.91. The molecule has 0 saturated carbocycles. The van der Waals surface area contributed by atoms with Crippen molar-refractivity contribution in [1.82, 2.24) is 0 Å². The molecule has 0 N–H and O–H groups in total. The highest BCUT2D eigenvalue weighted by atomic mass is 35.5. The van der Waals surface area contributed by atoms with E-state index in [9.17, 15) is 0 Å². The average molecular weight is 323 g/mol. The molecular formula is C16H12Cl2OS. The molecule has 20 heavy (non-hydrogen) atoms. The van der Waals surface area contributed by atoms with Gasteiger partial charge >= 0.3 is 0 Å². The highest BCUT2D eigenvalue weighted by Crippen LogP contribution is 2.38. The summed E-state index contributed by atoms with van der Waals surface area (Å²) in [6.45, 7) is 0. The van der Waals surface area contributed by atoms with E-state index in [-0.39, 0.29) is 5.38 Å². The molecule has 3 rings (SSSR count). The lowest BCUT2D eigenvalue weighted by Gasteiger charge is -2.10. The topological polar surface area (TPSA) is 9.23 Å². The summed E-state index contributed by atoms with van der Waals surface area (Å²) >= 11 is 14.3. The maximum absolute atomic E-state index is 6.54. The minimum Gasteiger partial charge on any atom is -0.497 e. The molecule has 1 heterocycles. The van der Waals surface area contributed by atoms with Gasteiger partial charge in [-0.05, 0) is 46.0 Å². The number of rotatable bonds is 3. The predicted molar refractivity (Wildman–Crippen MR) is 87.5 cm³/mol. The van der Waals surface area contributed by atoms with Gasteiger partial charge in [-0.1, -0.05) is 29.8 Å². The molecule has 0 aliphatic carbocycles. The molecule has 2 aromatic carbocycles. The van der Waals surface area contributed by atoms with E-state index in [1.54, 1.807) is 18.4 Å². The van der Waals surface area contributed by atoms with Crippen LogP contribution in [-0.4, -0.2) is 7.11 Å². The molecule has 1 unspecified atom stereocenters. The van der Waals surface area contributed by atoms with Gasteiger partial charge in [0.1, 0.15) is 5.75 Å². The summed E-state index contributed by atoms with van der Waals surface area (Å²) in [7, 11) is 1.67. The third-order valence-corrected chi connectivity index (χ3v) is 5.26. The predicted octanol–water partition coefficient (Wildman–Crippen LogP) is 5.89. The number of hydrogen-bond donors (Lipinski definition) is 0. The highest BCUT2D eigenvalue weighted by molar-refractivity contribution is 7.11. The van der Waals surface area contributed by atoms with E-state index in [2.05, 4.69) is 12.1 Å². The zero-order valence-corrected chi connectivity index (χ0v) is 13.1. The Bertz CT molecular complexity index is 751. The van der Waals surface area contributed by atoms with Crippen LogP contribution in [0.25, 0.3) is 10.8 Å². The molecule has 0 aliphatic rings. The largest absolute Gasteiger partial charge is 0.497 e. The minimum atomic E-state index is -0.214. The van der Waals surface area contributed by atoms with E-state index < -0.39 is 0 Å². The summed E-state index contributed by atoms with van der Waals surface area (Å²) < 4.78 is 5.23. The Kier molecular flexibility index (Phi) is 3.88. The Morgan fingerprint density at radius 2 is 1.80 bits per heavy atom. The van der Waals surface area contributed by atoms with Crippen molar-refractivity contribution in [2.75, 3.05) is 7.11 Å². The van der Waals surface area contributed by atoms with Gasteiger partial charge in [0, 0.05) is 4.88 Å². The number of thiophene rings is 1.